The maximum atomic E-state index is 3.40. The second kappa shape index (κ2) is 8.36. The molecule has 2 heteroatoms. The molecular weight excluding hydrogens is 220 g/mol. The third-order valence-corrected chi connectivity index (χ3v) is 4.09. The van der Waals surface area contributed by atoms with Gasteiger partial charge in [-0.3, -0.25) is 4.90 Å². The van der Waals surface area contributed by atoms with Crippen molar-refractivity contribution < 1.29 is 0 Å². The highest BCUT2D eigenvalue weighted by Crippen LogP contribution is 2.19. The van der Waals surface area contributed by atoms with Crippen LogP contribution in [0.4, 0.5) is 0 Å². The van der Waals surface area contributed by atoms with E-state index in [1.54, 1.807) is 0 Å². The molecule has 1 N–H and O–H groups in total. The number of nitrogens with zero attached hydrogens (tertiary/aromatic N) is 1. The molecule has 1 aliphatic heterocycles. The number of nitrogens with one attached hydrogen (secondary N) is 1. The Kier molecular flexibility index (Phi) is 6.35. The van der Waals surface area contributed by atoms with Crippen LogP contribution in [0.2, 0.25) is 0 Å². The number of allylic oxidation sites excluding steroid dienone is 3. The summed E-state index contributed by atoms with van der Waals surface area (Å²) in [6.07, 6.45) is 19.8. The minimum absolute atomic E-state index is 0.824. The summed E-state index contributed by atoms with van der Waals surface area (Å²) >= 11 is 0. The smallest absolute Gasteiger partial charge is 0.0269 e. The van der Waals surface area contributed by atoms with Crippen LogP contribution >= 0.6 is 0 Å². The Hall–Kier alpha value is -0.760. The highest BCUT2D eigenvalue weighted by atomic mass is 15.2. The summed E-state index contributed by atoms with van der Waals surface area (Å²) in [4.78, 5) is 2.74. The van der Waals surface area contributed by atoms with Gasteiger partial charge in [-0.25, -0.2) is 0 Å². The van der Waals surface area contributed by atoms with Gasteiger partial charge in [0.15, 0.2) is 0 Å². The lowest BCUT2D eigenvalue weighted by molar-refractivity contribution is 0.175. The molecule has 0 amide bonds. The molecule has 0 fully saturated rings. The summed E-state index contributed by atoms with van der Waals surface area (Å²) in [5, 5.41) is 3.40. The van der Waals surface area contributed by atoms with Crippen molar-refractivity contribution in [2.24, 2.45) is 0 Å². The molecule has 0 saturated carbocycles. The average molecular weight is 248 g/mol. The average Bonchev–Trinajstić information content (AvgIpc) is 2.61. The second-order valence-corrected chi connectivity index (χ2v) is 5.52. The van der Waals surface area contributed by atoms with E-state index in [4.69, 9.17) is 0 Å². The van der Waals surface area contributed by atoms with Gasteiger partial charge in [-0.05, 0) is 64.1 Å². The van der Waals surface area contributed by atoms with Crippen LogP contribution in [-0.4, -0.2) is 30.6 Å². The zero-order chi connectivity index (χ0) is 12.5. The maximum absolute atomic E-state index is 3.40. The van der Waals surface area contributed by atoms with Crippen LogP contribution in [-0.2, 0) is 0 Å². The van der Waals surface area contributed by atoms with E-state index >= 15 is 0 Å². The van der Waals surface area contributed by atoms with Crippen LogP contribution in [0, 0.1) is 0 Å². The summed E-state index contributed by atoms with van der Waals surface area (Å²) in [5.74, 6) is 0. The Morgan fingerprint density at radius 2 is 1.56 bits per heavy atom. The van der Waals surface area contributed by atoms with Crippen LogP contribution in [0.3, 0.4) is 0 Å². The molecule has 18 heavy (non-hydrogen) atoms. The molecule has 0 radical (unpaired) electrons. The monoisotopic (exact) mass is 248 g/mol. The van der Waals surface area contributed by atoms with E-state index in [-0.39, 0.29) is 0 Å². The molecule has 1 heterocycles. The van der Waals surface area contributed by atoms with Crippen molar-refractivity contribution >= 4 is 0 Å². The Labute approximate surface area is 112 Å². The molecule has 0 unspecified atom stereocenters. The predicted molar refractivity (Wildman–Crippen MR) is 78.6 cm³/mol. The first-order valence-corrected chi connectivity index (χ1v) is 7.74. The molecule has 2 aliphatic rings. The van der Waals surface area contributed by atoms with E-state index in [1.807, 2.05) is 0 Å². The van der Waals surface area contributed by atoms with Gasteiger partial charge in [0.25, 0.3) is 0 Å². The molecular formula is C16H28N2. The van der Waals surface area contributed by atoms with Gasteiger partial charge >= 0.3 is 0 Å². The van der Waals surface area contributed by atoms with E-state index < -0.39 is 0 Å². The lowest BCUT2D eigenvalue weighted by Crippen LogP contribution is -2.39. The fourth-order valence-corrected chi connectivity index (χ4v) is 3.04. The minimum Gasteiger partial charge on any atom is -0.390 e. The topological polar surface area (TPSA) is 15.3 Å². The first kappa shape index (κ1) is 13.7. The Morgan fingerprint density at radius 3 is 2.33 bits per heavy atom. The fraction of sp³-hybridized carbons (Fsp3) is 0.750. The van der Waals surface area contributed by atoms with Crippen LogP contribution in [0.1, 0.15) is 51.4 Å². The molecule has 1 aliphatic carbocycles. The summed E-state index contributed by atoms with van der Waals surface area (Å²) < 4.78 is 0. The highest BCUT2D eigenvalue weighted by molar-refractivity contribution is 4.87. The third kappa shape index (κ3) is 4.85. The van der Waals surface area contributed by atoms with Crippen molar-refractivity contribution in [1.82, 2.24) is 10.2 Å². The number of hydrogen-bond acceptors (Lipinski definition) is 2. The highest BCUT2D eigenvalue weighted by Gasteiger charge is 2.17. The zero-order valence-corrected chi connectivity index (χ0v) is 11.6. The van der Waals surface area contributed by atoms with E-state index in [9.17, 15) is 0 Å². The van der Waals surface area contributed by atoms with Crippen molar-refractivity contribution in [1.29, 1.82) is 0 Å². The van der Waals surface area contributed by atoms with Crippen molar-refractivity contribution in [2.75, 3.05) is 19.6 Å². The van der Waals surface area contributed by atoms with Crippen molar-refractivity contribution in [3.05, 3.63) is 24.4 Å². The molecule has 2 rings (SSSR count). The van der Waals surface area contributed by atoms with Gasteiger partial charge in [-0.2, -0.15) is 0 Å². The van der Waals surface area contributed by atoms with Crippen molar-refractivity contribution in [2.45, 2.75) is 57.4 Å². The Bertz CT molecular complexity index is 218. The van der Waals surface area contributed by atoms with Gasteiger partial charge < -0.3 is 5.32 Å². The molecule has 2 nitrogen and oxygen atoms in total. The van der Waals surface area contributed by atoms with Gasteiger partial charge in [-0.15, -0.1) is 0 Å². The predicted octanol–water partition coefficient (Wildman–Crippen LogP) is 3.46. The summed E-state index contributed by atoms with van der Waals surface area (Å²) in [7, 11) is 0. The molecule has 0 bridgehead atoms. The second-order valence-electron chi connectivity index (χ2n) is 5.52. The first-order valence-electron chi connectivity index (χ1n) is 7.74. The molecule has 102 valence electrons. The summed E-state index contributed by atoms with van der Waals surface area (Å²) in [5.41, 5.74) is 0. The van der Waals surface area contributed by atoms with Gasteiger partial charge in [0, 0.05) is 19.1 Å². The lowest BCUT2D eigenvalue weighted by atomic mass is 10.0. The number of rotatable bonds is 1. The van der Waals surface area contributed by atoms with Gasteiger partial charge in [0.05, 0.1) is 0 Å². The quantitative estimate of drug-likeness (QED) is 0.715. The fourth-order valence-electron chi connectivity index (χ4n) is 3.04. The maximum Gasteiger partial charge on any atom is 0.0269 e. The SMILES string of the molecule is C1=C\CCCC(N2CCC/C=C\NCC2)CCC/1. The minimum atomic E-state index is 0.824. The summed E-state index contributed by atoms with van der Waals surface area (Å²) in [6.45, 7) is 3.60. The Balaban J connectivity index is 1.85. The molecule has 0 aromatic rings. The van der Waals surface area contributed by atoms with Gasteiger partial charge in [0.1, 0.15) is 0 Å². The van der Waals surface area contributed by atoms with Gasteiger partial charge in [-0.1, -0.05) is 18.2 Å². The van der Waals surface area contributed by atoms with Crippen LogP contribution in [0.15, 0.2) is 24.4 Å². The number of hydrogen-bond donors (Lipinski definition) is 1. The van der Waals surface area contributed by atoms with E-state index in [0.29, 0.717) is 0 Å². The van der Waals surface area contributed by atoms with Crippen LogP contribution in [0.5, 0.6) is 0 Å². The van der Waals surface area contributed by atoms with E-state index in [2.05, 4.69) is 34.6 Å². The molecule has 0 aromatic heterocycles. The largest absolute Gasteiger partial charge is 0.390 e. The van der Waals surface area contributed by atoms with Crippen LogP contribution < -0.4 is 5.32 Å². The standard InChI is InChI=1S/C16H28N2/c1-2-4-7-11-16(10-6-3-1)18-14-9-5-8-12-17-13-15-18/h1-2,8,12,16-17H,3-7,9-11,13-15H2/b2-1-,12-8-. The lowest BCUT2D eigenvalue weighted by Gasteiger charge is -2.31. The third-order valence-electron chi connectivity index (χ3n) is 4.09. The van der Waals surface area contributed by atoms with Crippen LogP contribution in [0.25, 0.3) is 0 Å². The van der Waals surface area contributed by atoms with E-state index in [0.717, 1.165) is 12.6 Å². The first-order chi connectivity index (χ1) is 8.97. The molecule has 0 spiro atoms. The summed E-state index contributed by atoms with van der Waals surface area (Å²) in [6, 6.07) is 0.824. The molecule has 0 atom stereocenters. The normalized spacial score (nSPS) is 28.7. The molecule has 0 aromatic carbocycles. The zero-order valence-electron chi connectivity index (χ0n) is 11.6. The van der Waals surface area contributed by atoms with E-state index in [1.165, 1.54) is 64.5 Å². The Morgan fingerprint density at radius 1 is 0.833 bits per heavy atom. The van der Waals surface area contributed by atoms with Crippen molar-refractivity contribution in [3.8, 4) is 0 Å². The van der Waals surface area contributed by atoms with Crippen molar-refractivity contribution in [3.63, 3.8) is 0 Å². The van der Waals surface area contributed by atoms with Gasteiger partial charge in [0.2, 0.25) is 0 Å². The molecule has 0 saturated heterocycles.